The van der Waals surface area contributed by atoms with Gasteiger partial charge in [0, 0.05) is 18.6 Å². The van der Waals surface area contributed by atoms with E-state index in [0.717, 1.165) is 0 Å². The third-order valence-corrected chi connectivity index (χ3v) is 2.23. The van der Waals surface area contributed by atoms with Crippen molar-refractivity contribution in [3.05, 3.63) is 23.7 Å². The molecule has 5 heteroatoms. The number of nitrogens with one attached hydrogen (secondary N) is 1. The number of aliphatic hydroxyl groups excluding tert-OH is 1. The fraction of sp³-hybridized carbons (Fsp3) is 0.545. The lowest BCUT2D eigenvalue weighted by Gasteiger charge is -2.21. The first-order valence-corrected chi connectivity index (χ1v) is 5.07. The summed E-state index contributed by atoms with van der Waals surface area (Å²) in [7, 11) is 0. The number of hydrogen-bond donors (Lipinski definition) is 3. The van der Waals surface area contributed by atoms with Crippen LogP contribution in [0.5, 0.6) is 0 Å². The van der Waals surface area contributed by atoms with Gasteiger partial charge in [-0.15, -0.1) is 0 Å². The standard InChI is InChI=1S/C11H17NO4/c1-11(2,7-13)6-12-4-9-3-8(5-16-9)10(14)15/h3,5,12-13H,4,6-7H2,1-2H3,(H,14,15). The number of carboxylic acids is 1. The molecule has 1 aromatic heterocycles. The average Bonchev–Trinajstić information content (AvgIpc) is 2.66. The highest BCUT2D eigenvalue weighted by molar-refractivity contribution is 5.87. The monoisotopic (exact) mass is 227 g/mol. The SMILES string of the molecule is CC(C)(CO)CNCc1cc(C(=O)O)co1. The maximum Gasteiger partial charge on any atom is 0.338 e. The molecule has 5 nitrogen and oxygen atoms in total. The molecule has 0 aliphatic carbocycles. The Morgan fingerprint density at radius 1 is 1.56 bits per heavy atom. The van der Waals surface area contributed by atoms with Crippen molar-refractivity contribution in [2.24, 2.45) is 5.41 Å². The summed E-state index contributed by atoms with van der Waals surface area (Å²) in [6.07, 6.45) is 1.22. The van der Waals surface area contributed by atoms with E-state index in [1.807, 2.05) is 13.8 Å². The molecule has 0 fully saturated rings. The van der Waals surface area contributed by atoms with Crippen LogP contribution in [0.25, 0.3) is 0 Å². The average molecular weight is 227 g/mol. The van der Waals surface area contributed by atoms with Gasteiger partial charge in [0.2, 0.25) is 0 Å². The molecule has 0 spiro atoms. The maximum atomic E-state index is 10.6. The fourth-order valence-corrected chi connectivity index (χ4v) is 1.17. The third kappa shape index (κ3) is 3.67. The Morgan fingerprint density at radius 2 is 2.25 bits per heavy atom. The number of aromatic carboxylic acids is 1. The lowest BCUT2D eigenvalue weighted by atomic mass is 9.95. The normalized spacial score (nSPS) is 11.7. The molecule has 0 aromatic carbocycles. The topological polar surface area (TPSA) is 82.7 Å². The molecule has 0 aliphatic heterocycles. The van der Waals surface area contributed by atoms with Crippen molar-refractivity contribution in [2.45, 2.75) is 20.4 Å². The molecule has 0 saturated heterocycles. The Labute approximate surface area is 94.1 Å². The Bertz CT molecular complexity index is 357. The van der Waals surface area contributed by atoms with Crippen LogP contribution in [0.15, 0.2) is 16.7 Å². The van der Waals surface area contributed by atoms with Gasteiger partial charge >= 0.3 is 5.97 Å². The molecule has 0 atom stereocenters. The van der Waals surface area contributed by atoms with Gasteiger partial charge in [0.25, 0.3) is 0 Å². The predicted octanol–water partition coefficient (Wildman–Crippen LogP) is 1.09. The number of rotatable bonds is 6. The first-order chi connectivity index (χ1) is 7.44. The van der Waals surface area contributed by atoms with E-state index in [2.05, 4.69) is 5.32 Å². The minimum absolute atomic E-state index is 0.0958. The fourth-order valence-electron chi connectivity index (χ4n) is 1.17. The first kappa shape index (κ1) is 12.7. The van der Waals surface area contributed by atoms with Gasteiger partial charge in [0.1, 0.15) is 12.0 Å². The summed E-state index contributed by atoms with van der Waals surface area (Å²) in [5.74, 6) is -0.420. The zero-order valence-corrected chi connectivity index (χ0v) is 9.49. The molecule has 3 N–H and O–H groups in total. The van der Waals surface area contributed by atoms with Crippen molar-refractivity contribution in [1.82, 2.24) is 5.32 Å². The van der Waals surface area contributed by atoms with Crippen LogP contribution in [0.2, 0.25) is 0 Å². The van der Waals surface area contributed by atoms with Gasteiger partial charge in [-0.1, -0.05) is 13.8 Å². The number of furan rings is 1. The molecule has 1 aromatic rings. The summed E-state index contributed by atoms with van der Waals surface area (Å²) in [4.78, 5) is 10.6. The zero-order valence-electron chi connectivity index (χ0n) is 9.49. The van der Waals surface area contributed by atoms with E-state index in [-0.39, 0.29) is 17.6 Å². The lowest BCUT2D eigenvalue weighted by molar-refractivity contribution is 0.0696. The van der Waals surface area contributed by atoms with E-state index in [1.54, 1.807) is 0 Å². The number of carboxylic acid groups (broad SMARTS) is 1. The Morgan fingerprint density at radius 3 is 2.75 bits per heavy atom. The Kier molecular flexibility index (Phi) is 4.09. The molecule has 90 valence electrons. The highest BCUT2D eigenvalue weighted by Gasteiger charge is 2.16. The highest BCUT2D eigenvalue weighted by atomic mass is 16.4. The molecule has 0 unspecified atom stereocenters. The van der Waals surface area contributed by atoms with Crippen molar-refractivity contribution in [3.63, 3.8) is 0 Å². The van der Waals surface area contributed by atoms with Crippen molar-refractivity contribution in [2.75, 3.05) is 13.2 Å². The summed E-state index contributed by atoms with van der Waals surface area (Å²) in [6.45, 7) is 5.05. The second-order valence-electron chi connectivity index (χ2n) is 4.53. The van der Waals surface area contributed by atoms with Crippen LogP contribution in [-0.2, 0) is 6.54 Å². The van der Waals surface area contributed by atoms with Gasteiger partial charge in [0.05, 0.1) is 12.1 Å². The zero-order chi connectivity index (χ0) is 12.2. The second-order valence-corrected chi connectivity index (χ2v) is 4.53. The maximum absolute atomic E-state index is 10.6. The minimum Gasteiger partial charge on any atom is -0.478 e. The van der Waals surface area contributed by atoms with E-state index >= 15 is 0 Å². The van der Waals surface area contributed by atoms with Crippen LogP contribution in [0.1, 0.15) is 30.0 Å². The van der Waals surface area contributed by atoms with Crippen LogP contribution >= 0.6 is 0 Å². The first-order valence-electron chi connectivity index (χ1n) is 5.07. The van der Waals surface area contributed by atoms with E-state index in [0.29, 0.717) is 18.8 Å². The van der Waals surface area contributed by atoms with Crippen LogP contribution in [0.3, 0.4) is 0 Å². The summed E-state index contributed by atoms with van der Waals surface area (Å²) in [5, 5.41) is 20.8. The van der Waals surface area contributed by atoms with Crippen molar-refractivity contribution in [1.29, 1.82) is 0 Å². The minimum atomic E-state index is -0.995. The smallest absolute Gasteiger partial charge is 0.338 e. The van der Waals surface area contributed by atoms with Gasteiger partial charge in [-0.25, -0.2) is 4.79 Å². The quantitative estimate of drug-likeness (QED) is 0.677. The van der Waals surface area contributed by atoms with Gasteiger partial charge in [-0.05, 0) is 6.07 Å². The number of aliphatic hydroxyl groups is 1. The van der Waals surface area contributed by atoms with Crippen LogP contribution in [-0.4, -0.2) is 29.3 Å². The molecule has 1 heterocycles. The largest absolute Gasteiger partial charge is 0.478 e. The Hall–Kier alpha value is -1.33. The number of hydrogen-bond acceptors (Lipinski definition) is 4. The molecule has 0 saturated carbocycles. The van der Waals surface area contributed by atoms with Gasteiger partial charge in [-0.3, -0.25) is 0 Å². The summed E-state index contributed by atoms with van der Waals surface area (Å²) >= 11 is 0. The van der Waals surface area contributed by atoms with E-state index in [1.165, 1.54) is 12.3 Å². The molecule has 0 aliphatic rings. The van der Waals surface area contributed by atoms with Gasteiger partial charge in [0.15, 0.2) is 0 Å². The predicted molar refractivity (Wildman–Crippen MR) is 58.2 cm³/mol. The van der Waals surface area contributed by atoms with Crippen LogP contribution in [0, 0.1) is 5.41 Å². The third-order valence-electron chi connectivity index (χ3n) is 2.23. The van der Waals surface area contributed by atoms with Crippen LogP contribution < -0.4 is 5.32 Å². The van der Waals surface area contributed by atoms with Crippen LogP contribution in [0.4, 0.5) is 0 Å². The molecule has 16 heavy (non-hydrogen) atoms. The molecule has 0 amide bonds. The number of carbonyl (C=O) groups is 1. The Balaban J connectivity index is 2.40. The summed E-state index contributed by atoms with van der Waals surface area (Å²) in [5.41, 5.74) is -0.0411. The summed E-state index contributed by atoms with van der Waals surface area (Å²) in [6, 6.07) is 1.49. The van der Waals surface area contributed by atoms with E-state index in [4.69, 9.17) is 14.6 Å². The van der Waals surface area contributed by atoms with Gasteiger partial charge in [-0.2, -0.15) is 0 Å². The highest BCUT2D eigenvalue weighted by Crippen LogP contribution is 2.12. The summed E-state index contributed by atoms with van der Waals surface area (Å²) < 4.78 is 5.07. The van der Waals surface area contributed by atoms with Gasteiger partial charge < -0.3 is 19.9 Å². The molecular weight excluding hydrogens is 210 g/mol. The molecule has 0 radical (unpaired) electrons. The van der Waals surface area contributed by atoms with E-state index in [9.17, 15) is 4.79 Å². The molecule has 0 bridgehead atoms. The van der Waals surface area contributed by atoms with Crippen molar-refractivity contribution < 1.29 is 19.4 Å². The van der Waals surface area contributed by atoms with E-state index < -0.39 is 5.97 Å². The second kappa shape index (κ2) is 5.14. The lowest BCUT2D eigenvalue weighted by Crippen LogP contribution is -2.31. The van der Waals surface area contributed by atoms with Crippen molar-refractivity contribution in [3.8, 4) is 0 Å². The molecular formula is C11H17NO4. The van der Waals surface area contributed by atoms with Crippen molar-refractivity contribution >= 4 is 5.97 Å². The molecule has 1 rings (SSSR count).